The number of hydrogen-bond donors (Lipinski definition) is 2. The van der Waals surface area contributed by atoms with Crippen molar-refractivity contribution in [2.24, 2.45) is 0 Å². The molecule has 0 amide bonds. The van der Waals surface area contributed by atoms with Gasteiger partial charge in [0.1, 0.15) is 12.7 Å². The summed E-state index contributed by atoms with van der Waals surface area (Å²) in [5.41, 5.74) is 5.67. The van der Waals surface area contributed by atoms with Gasteiger partial charge in [-0.1, -0.05) is 0 Å². The minimum atomic E-state index is 0.0782. The third-order valence-corrected chi connectivity index (χ3v) is 3.74. The van der Waals surface area contributed by atoms with Gasteiger partial charge in [0.05, 0.1) is 0 Å². The van der Waals surface area contributed by atoms with Crippen molar-refractivity contribution in [2.45, 2.75) is 18.6 Å². The molecule has 0 saturated heterocycles. The Balaban J connectivity index is 2.18. The summed E-state index contributed by atoms with van der Waals surface area (Å²) in [7, 11) is 0. The van der Waals surface area contributed by atoms with Gasteiger partial charge in [0.15, 0.2) is 0 Å². The number of nitrogens with zero attached hydrogens (tertiary/aromatic N) is 6. The predicted octanol–water partition coefficient (Wildman–Crippen LogP) is 0.588. The summed E-state index contributed by atoms with van der Waals surface area (Å²) < 4.78 is 1.51. The molecule has 0 spiro atoms. The molecule has 2 aromatic rings. The van der Waals surface area contributed by atoms with Gasteiger partial charge in [-0.05, 0) is 20.1 Å². The smallest absolute Gasteiger partial charge is 0.258 e. The van der Waals surface area contributed by atoms with Crippen LogP contribution < -0.4 is 11.1 Å². The maximum atomic E-state index is 5.67. The molecule has 0 radical (unpaired) electrons. The molecule has 0 aromatic carbocycles. The quantitative estimate of drug-likeness (QED) is 0.819. The molecule has 2 heterocycles. The van der Waals surface area contributed by atoms with Gasteiger partial charge in [-0.2, -0.15) is 36.5 Å². The first-order valence-corrected chi connectivity index (χ1v) is 6.88. The molecule has 0 aliphatic heterocycles. The van der Waals surface area contributed by atoms with E-state index in [1.54, 1.807) is 11.8 Å². The molecule has 2 rings (SSSR count). The summed E-state index contributed by atoms with van der Waals surface area (Å²) >= 11 is 1.76. The zero-order chi connectivity index (χ0) is 13.9. The van der Waals surface area contributed by atoms with Gasteiger partial charge < -0.3 is 11.1 Å². The number of thioether (sulfide) groups is 1. The maximum absolute atomic E-state index is 5.67. The summed E-state index contributed by atoms with van der Waals surface area (Å²) in [5, 5.41) is 7.11. The van der Waals surface area contributed by atoms with Crippen LogP contribution in [0.3, 0.4) is 0 Å². The fourth-order valence-corrected chi connectivity index (χ4v) is 1.45. The monoisotopic (exact) mass is 280 g/mol. The molecule has 9 heteroatoms. The number of nitrogens with one attached hydrogen (secondary N) is 1. The molecule has 0 aliphatic rings. The maximum Gasteiger partial charge on any atom is 0.258 e. The average molecular weight is 280 g/mol. The fourth-order valence-electron chi connectivity index (χ4n) is 1.24. The molecule has 0 aliphatic carbocycles. The number of aromatic nitrogens is 6. The minimum Gasteiger partial charge on any atom is -0.368 e. The van der Waals surface area contributed by atoms with E-state index in [0.29, 0.717) is 18.4 Å². The Labute approximate surface area is 115 Å². The van der Waals surface area contributed by atoms with Crippen LogP contribution in [0.4, 0.5) is 11.9 Å². The summed E-state index contributed by atoms with van der Waals surface area (Å²) in [6.07, 6.45) is 4.97. The van der Waals surface area contributed by atoms with Crippen molar-refractivity contribution in [1.29, 1.82) is 0 Å². The Morgan fingerprint density at radius 1 is 1.37 bits per heavy atom. The highest BCUT2D eigenvalue weighted by atomic mass is 32.2. The summed E-state index contributed by atoms with van der Waals surface area (Å²) in [6, 6.07) is 0. The normalized spacial score (nSPS) is 11.5. The zero-order valence-corrected chi connectivity index (χ0v) is 11.8. The SMILES string of the molecule is CSC(C)(C)CNc1nc(N)nc(-n2cncn2)n1. The number of nitrogen functional groups attached to an aromatic ring is 1. The van der Waals surface area contributed by atoms with Crippen molar-refractivity contribution in [3.05, 3.63) is 12.7 Å². The van der Waals surface area contributed by atoms with Gasteiger partial charge in [-0.15, -0.1) is 0 Å². The van der Waals surface area contributed by atoms with Gasteiger partial charge in [-0.3, -0.25) is 0 Å². The van der Waals surface area contributed by atoms with Crippen LogP contribution >= 0.6 is 11.8 Å². The standard InChI is InChI=1S/C10H16N8S/c1-10(2,19-3)4-13-8-15-7(11)16-9(17-8)18-6-12-5-14-18/h5-6H,4H2,1-3H3,(H3,11,13,15,16,17). The molecule has 0 atom stereocenters. The van der Waals surface area contributed by atoms with Crippen LogP contribution in [-0.4, -0.2) is 47.3 Å². The highest BCUT2D eigenvalue weighted by Crippen LogP contribution is 2.21. The van der Waals surface area contributed by atoms with Crippen molar-refractivity contribution in [2.75, 3.05) is 23.9 Å². The van der Waals surface area contributed by atoms with Gasteiger partial charge in [-0.25, -0.2) is 4.98 Å². The molecule has 102 valence electrons. The molecular weight excluding hydrogens is 264 g/mol. The lowest BCUT2D eigenvalue weighted by Gasteiger charge is -2.22. The minimum absolute atomic E-state index is 0.0782. The predicted molar refractivity (Wildman–Crippen MR) is 75.2 cm³/mol. The second kappa shape index (κ2) is 5.39. The Hall–Kier alpha value is -1.90. The fraction of sp³-hybridized carbons (Fsp3) is 0.500. The number of nitrogens with two attached hydrogens (primary N) is 1. The van der Waals surface area contributed by atoms with Gasteiger partial charge >= 0.3 is 0 Å². The summed E-state index contributed by atoms with van der Waals surface area (Å²) in [6.45, 7) is 4.98. The van der Waals surface area contributed by atoms with E-state index in [9.17, 15) is 0 Å². The van der Waals surface area contributed by atoms with Crippen molar-refractivity contribution >= 4 is 23.7 Å². The lowest BCUT2D eigenvalue weighted by molar-refractivity contribution is 0.740. The van der Waals surface area contributed by atoms with E-state index >= 15 is 0 Å². The molecule has 8 nitrogen and oxygen atoms in total. The van der Waals surface area contributed by atoms with Crippen molar-refractivity contribution in [1.82, 2.24) is 29.7 Å². The lowest BCUT2D eigenvalue weighted by Crippen LogP contribution is -2.27. The van der Waals surface area contributed by atoms with E-state index in [4.69, 9.17) is 5.73 Å². The van der Waals surface area contributed by atoms with Crippen LogP contribution in [0.15, 0.2) is 12.7 Å². The molecule has 0 unspecified atom stereocenters. The molecule has 2 aromatic heterocycles. The van der Waals surface area contributed by atoms with Crippen LogP contribution in [0.2, 0.25) is 0 Å². The lowest BCUT2D eigenvalue weighted by atomic mass is 10.2. The van der Waals surface area contributed by atoms with Gasteiger partial charge in [0, 0.05) is 11.3 Å². The van der Waals surface area contributed by atoms with Crippen molar-refractivity contribution in [3.8, 4) is 5.95 Å². The first kappa shape index (κ1) is 13.5. The number of rotatable bonds is 5. The van der Waals surface area contributed by atoms with E-state index in [2.05, 4.69) is 50.5 Å². The Morgan fingerprint density at radius 3 is 2.79 bits per heavy atom. The largest absolute Gasteiger partial charge is 0.368 e. The first-order chi connectivity index (χ1) is 9.00. The zero-order valence-electron chi connectivity index (χ0n) is 11.0. The highest BCUT2D eigenvalue weighted by Gasteiger charge is 2.16. The van der Waals surface area contributed by atoms with Crippen LogP contribution in [0.1, 0.15) is 13.8 Å². The number of hydrogen-bond acceptors (Lipinski definition) is 8. The molecule has 0 bridgehead atoms. The second-order valence-corrected chi connectivity index (χ2v) is 5.99. The molecular formula is C10H16N8S. The summed E-state index contributed by atoms with van der Waals surface area (Å²) in [4.78, 5) is 16.2. The van der Waals surface area contributed by atoms with Crippen LogP contribution in [0.25, 0.3) is 5.95 Å². The molecule has 0 fully saturated rings. The van der Waals surface area contributed by atoms with E-state index in [-0.39, 0.29) is 10.7 Å². The highest BCUT2D eigenvalue weighted by molar-refractivity contribution is 7.99. The third kappa shape index (κ3) is 3.53. The average Bonchev–Trinajstić information content (AvgIpc) is 2.90. The Bertz CT molecular complexity index is 538. The topological polar surface area (TPSA) is 107 Å². The first-order valence-electron chi connectivity index (χ1n) is 5.66. The van der Waals surface area contributed by atoms with Crippen molar-refractivity contribution in [3.63, 3.8) is 0 Å². The number of anilines is 2. The van der Waals surface area contributed by atoms with E-state index in [1.807, 2.05) is 0 Å². The van der Waals surface area contributed by atoms with Crippen molar-refractivity contribution < 1.29 is 0 Å². The Kier molecular flexibility index (Phi) is 3.84. The van der Waals surface area contributed by atoms with Crippen LogP contribution in [-0.2, 0) is 0 Å². The van der Waals surface area contributed by atoms with Gasteiger partial charge in [0.2, 0.25) is 11.9 Å². The Morgan fingerprint density at radius 2 is 2.16 bits per heavy atom. The second-order valence-electron chi connectivity index (χ2n) is 4.47. The van der Waals surface area contributed by atoms with Crippen LogP contribution in [0.5, 0.6) is 0 Å². The summed E-state index contributed by atoms with van der Waals surface area (Å²) in [5.74, 6) is 0.916. The van der Waals surface area contributed by atoms with Crippen LogP contribution in [0, 0.1) is 0 Å². The van der Waals surface area contributed by atoms with E-state index in [0.717, 1.165) is 0 Å². The molecule has 0 saturated carbocycles. The van der Waals surface area contributed by atoms with Gasteiger partial charge in [0.25, 0.3) is 5.95 Å². The molecule has 19 heavy (non-hydrogen) atoms. The third-order valence-electron chi connectivity index (χ3n) is 2.49. The molecule has 3 N–H and O–H groups in total. The van der Waals surface area contributed by atoms with E-state index < -0.39 is 0 Å². The van der Waals surface area contributed by atoms with E-state index in [1.165, 1.54) is 17.3 Å².